The molecule has 0 spiro atoms. The molecule has 25 heavy (non-hydrogen) atoms. The van der Waals surface area contributed by atoms with Crippen LogP contribution >= 0.6 is 11.6 Å². The maximum atomic E-state index is 12.2. The van der Waals surface area contributed by atoms with E-state index in [-0.39, 0.29) is 28.8 Å². The van der Waals surface area contributed by atoms with Gasteiger partial charge in [-0.3, -0.25) is 14.9 Å². The first-order valence-corrected chi connectivity index (χ1v) is 8.28. The number of aliphatic hydroxyl groups is 1. The van der Waals surface area contributed by atoms with Crippen molar-refractivity contribution < 1.29 is 14.8 Å². The van der Waals surface area contributed by atoms with Crippen LogP contribution in [0.5, 0.6) is 0 Å². The number of nitrogens with one attached hydrogen (secondary N) is 1. The highest BCUT2D eigenvalue weighted by Gasteiger charge is 2.17. The molecule has 132 valence electrons. The predicted octanol–water partition coefficient (Wildman–Crippen LogP) is 3.53. The van der Waals surface area contributed by atoms with E-state index in [0.29, 0.717) is 19.4 Å². The van der Waals surface area contributed by atoms with Gasteiger partial charge < -0.3 is 10.4 Å². The molecule has 0 aliphatic rings. The molecule has 2 aromatic carbocycles. The average molecular weight is 363 g/mol. The molecule has 6 nitrogen and oxygen atoms in total. The van der Waals surface area contributed by atoms with Gasteiger partial charge in [0.1, 0.15) is 5.02 Å². The van der Waals surface area contributed by atoms with E-state index in [4.69, 9.17) is 11.6 Å². The first-order valence-electron chi connectivity index (χ1n) is 7.91. The molecule has 2 N–H and O–H groups in total. The lowest BCUT2D eigenvalue weighted by Gasteiger charge is -2.16. The quantitative estimate of drug-likeness (QED) is 0.555. The van der Waals surface area contributed by atoms with Crippen molar-refractivity contribution in [3.05, 3.63) is 74.8 Å². The van der Waals surface area contributed by atoms with Gasteiger partial charge in [0, 0.05) is 24.8 Å². The number of nitro groups is 1. The van der Waals surface area contributed by atoms with Crippen LogP contribution in [0.1, 0.15) is 34.7 Å². The number of nitro benzene ring substituents is 1. The fourth-order valence-corrected chi connectivity index (χ4v) is 2.80. The molecule has 1 atom stereocenters. The van der Waals surface area contributed by atoms with E-state index in [1.54, 1.807) is 0 Å². The van der Waals surface area contributed by atoms with E-state index >= 15 is 0 Å². The summed E-state index contributed by atoms with van der Waals surface area (Å²) in [6, 6.07) is 13.7. The molecule has 0 aliphatic carbocycles. The highest BCUT2D eigenvalue weighted by Crippen LogP contribution is 2.25. The van der Waals surface area contributed by atoms with E-state index < -0.39 is 10.8 Å². The third kappa shape index (κ3) is 5.27. The summed E-state index contributed by atoms with van der Waals surface area (Å²) in [5.41, 5.74) is 0.999. The Labute approximate surface area is 150 Å². The molecule has 0 saturated carbocycles. The smallest absolute Gasteiger partial charge is 0.288 e. The van der Waals surface area contributed by atoms with Crippen LogP contribution in [0.2, 0.25) is 5.02 Å². The van der Waals surface area contributed by atoms with Crippen molar-refractivity contribution in [2.45, 2.75) is 18.8 Å². The number of aliphatic hydroxyl groups excluding tert-OH is 1. The monoisotopic (exact) mass is 362 g/mol. The molecule has 1 amide bonds. The fourth-order valence-electron chi connectivity index (χ4n) is 2.61. The van der Waals surface area contributed by atoms with Crippen molar-refractivity contribution in [2.24, 2.45) is 0 Å². The van der Waals surface area contributed by atoms with Gasteiger partial charge in [-0.25, -0.2) is 0 Å². The Balaban J connectivity index is 1.97. The summed E-state index contributed by atoms with van der Waals surface area (Å²) in [5, 5.41) is 22.9. The zero-order valence-electron chi connectivity index (χ0n) is 13.5. The molecule has 2 rings (SSSR count). The summed E-state index contributed by atoms with van der Waals surface area (Å²) < 4.78 is 0. The molecule has 0 fully saturated rings. The first kappa shape index (κ1) is 18.9. The van der Waals surface area contributed by atoms with Crippen LogP contribution in [-0.2, 0) is 0 Å². The van der Waals surface area contributed by atoms with Gasteiger partial charge in [-0.05, 0) is 36.5 Å². The van der Waals surface area contributed by atoms with Crippen LogP contribution in [0.4, 0.5) is 5.69 Å². The lowest BCUT2D eigenvalue weighted by Crippen LogP contribution is -2.26. The molecular formula is C18H19ClN2O4. The number of halogens is 1. The summed E-state index contributed by atoms with van der Waals surface area (Å²) in [6.45, 7) is 0.464. The van der Waals surface area contributed by atoms with E-state index in [1.807, 2.05) is 30.3 Å². The largest absolute Gasteiger partial charge is 0.396 e. The van der Waals surface area contributed by atoms with Crippen LogP contribution in [0.25, 0.3) is 0 Å². The molecule has 1 unspecified atom stereocenters. The molecular weight excluding hydrogens is 344 g/mol. The third-order valence-electron chi connectivity index (χ3n) is 3.93. The zero-order valence-corrected chi connectivity index (χ0v) is 14.3. The number of hydrogen-bond acceptors (Lipinski definition) is 4. The SMILES string of the molecule is O=C(NCCC(CCO)c1ccccc1)c1ccc(Cl)c([N+](=O)[O-])c1. The summed E-state index contributed by atoms with van der Waals surface area (Å²) in [6.07, 6.45) is 1.26. The molecule has 2 aromatic rings. The standard InChI is InChI=1S/C18H19ClN2O4/c19-16-7-6-15(12-17(16)21(24)25)18(23)20-10-8-14(9-11-22)13-4-2-1-3-5-13/h1-7,12,14,22H,8-11H2,(H,20,23). The van der Waals surface area contributed by atoms with Crippen molar-refractivity contribution >= 4 is 23.2 Å². The average Bonchev–Trinajstić information content (AvgIpc) is 2.61. The lowest BCUT2D eigenvalue weighted by atomic mass is 9.93. The summed E-state index contributed by atoms with van der Waals surface area (Å²) in [7, 11) is 0. The van der Waals surface area contributed by atoms with Crippen LogP contribution in [0.15, 0.2) is 48.5 Å². The Kier molecular flexibility index (Phi) is 6.91. The van der Waals surface area contributed by atoms with Crippen LogP contribution in [0, 0.1) is 10.1 Å². The number of hydrogen-bond donors (Lipinski definition) is 2. The number of nitrogens with zero attached hydrogens (tertiary/aromatic N) is 1. The van der Waals surface area contributed by atoms with Gasteiger partial charge in [-0.15, -0.1) is 0 Å². The minimum absolute atomic E-state index is 0.00589. The molecule has 0 aromatic heterocycles. The van der Waals surface area contributed by atoms with Gasteiger partial charge in [0.2, 0.25) is 0 Å². The predicted molar refractivity (Wildman–Crippen MR) is 95.9 cm³/mol. The van der Waals surface area contributed by atoms with Gasteiger partial charge in [-0.2, -0.15) is 0 Å². The third-order valence-corrected chi connectivity index (χ3v) is 4.25. The molecule has 0 saturated heterocycles. The molecule has 7 heteroatoms. The van der Waals surface area contributed by atoms with Gasteiger partial charge in [0.05, 0.1) is 4.92 Å². The topological polar surface area (TPSA) is 92.5 Å². The second kappa shape index (κ2) is 9.15. The van der Waals surface area contributed by atoms with Gasteiger partial charge >= 0.3 is 0 Å². The van der Waals surface area contributed by atoms with E-state index in [1.165, 1.54) is 18.2 Å². The van der Waals surface area contributed by atoms with E-state index in [2.05, 4.69) is 5.32 Å². The molecule has 0 heterocycles. The van der Waals surface area contributed by atoms with Gasteiger partial charge in [-0.1, -0.05) is 41.9 Å². The Bertz CT molecular complexity index is 737. The number of carbonyl (C=O) groups is 1. The van der Waals surface area contributed by atoms with Crippen LogP contribution < -0.4 is 5.32 Å². The zero-order chi connectivity index (χ0) is 18.2. The van der Waals surface area contributed by atoms with Crippen molar-refractivity contribution in [1.82, 2.24) is 5.32 Å². The summed E-state index contributed by atoms with van der Waals surface area (Å²) in [4.78, 5) is 22.5. The number of carbonyl (C=O) groups excluding carboxylic acids is 1. The highest BCUT2D eigenvalue weighted by atomic mass is 35.5. The second-order valence-corrected chi connectivity index (χ2v) is 5.99. The Morgan fingerprint density at radius 2 is 1.92 bits per heavy atom. The minimum atomic E-state index is -0.619. The van der Waals surface area contributed by atoms with Crippen LogP contribution in [0.3, 0.4) is 0 Å². The van der Waals surface area contributed by atoms with Crippen molar-refractivity contribution in [3.8, 4) is 0 Å². The normalized spacial score (nSPS) is 11.8. The molecule has 0 radical (unpaired) electrons. The van der Waals surface area contributed by atoms with Crippen molar-refractivity contribution in [3.63, 3.8) is 0 Å². The number of amides is 1. The Hall–Kier alpha value is -2.44. The maximum absolute atomic E-state index is 12.2. The Morgan fingerprint density at radius 1 is 1.20 bits per heavy atom. The van der Waals surface area contributed by atoms with Crippen LogP contribution in [-0.4, -0.2) is 29.1 Å². The lowest BCUT2D eigenvalue weighted by molar-refractivity contribution is -0.384. The maximum Gasteiger partial charge on any atom is 0.288 e. The van der Waals surface area contributed by atoms with E-state index in [9.17, 15) is 20.0 Å². The fraction of sp³-hybridized carbons (Fsp3) is 0.278. The Morgan fingerprint density at radius 3 is 2.56 bits per heavy atom. The molecule has 0 aliphatic heterocycles. The van der Waals surface area contributed by atoms with Gasteiger partial charge in [0.15, 0.2) is 0 Å². The summed E-state index contributed by atoms with van der Waals surface area (Å²) in [5.74, 6) is -0.262. The number of rotatable bonds is 8. The highest BCUT2D eigenvalue weighted by molar-refractivity contribution is 6.32. The first-order chi connectivity index (χ1) is 12.0. The van der Waals surface area contributed by atoms with Gasteiger partial charge in [0.25, 0.3) is 11.6 Å². The molecule has 0 bridgehead atoms. The number of benzene rings is 2. The minimum Gasteiger partial charge on any atom is -0.396 e. The van der Waals surface area contributed by atoms with E-state index in [0.717, 1.165) is 5.56 Å². The summed E-state index contributed by atoms with van der Waals surface area (Å²) >= 11 is 5.75. The second-order valence-electron chi connectivity index (χ2n) is 5.59. The van der Waals surface area contributed by atoms with Crippen molar-refractivity contribution in [2.75, 3.05) is 13.2 Å². The van der Waals surface area contributed by atoms with Crippen molar-refractivity contribution in [1.29, 1.82) is 0 Å².